The van der Waals surface area contributed by atoms with Gasteiger partial charge in [-0.1, -0.05) is 53.7 Å². The molecule has 1 saturated heterocycles. The SMILES string of the molecule is CC.CC(C)C(=O)/C(N)=C/N(N)C(C(=O)N1CCCC1c1nc2ccccc2s1)C(C)C. The summed E-state index contributed by atoms with van der Waals surface area (Å²) in [5, 5.41) is 2.26. The van der Waals surface area contributed by atoms with Crippen molar-refractivity contribution in [2.45, 2.75) is 66.5 Å². The number of fused-ring (bicyclic) bond motifs is 1. The van der Waals surface area contributed by atoms with Crippen molar-refractivity contribution in [3.05, 3.63) is 41.2 Å². The number of hydrazine groups is 1. The zero-order chi connectivity index (χ0) is 24.0. The molecular weight excluding hydrogens is 422 g/mol. The van der Waals surface area contributed by atoms with Gasteiger partial charge in [-0.2, -0.15) is 0 Å². The van der Waals surface area contributed by atoms with Crippen LogP contribution in [0.15, 0.2) is 36.2 Å². The lowest BCUT2D eigenvalue weighted by Crippen LogP contribution is -2.52. The van der Waals surface area contributed by atoms with Crippen LogP contribution in [0.25, 0.3) is 10.2 Å². The number of amides is 1. The molecule has 2 atom stereocenters. The molecule has 8 heteroatoms. The minimum atomic E-state index is -0.613. The van der Waals surface area contributed by atoms with Crippen LogP contribution >= 0.6 is 11.3 Å². The van der Waals surface area contributed by atoms with Gasteiger partial charge >= 0.3 is 0 Å². The molecule has 176 valence electrons. The van der Waals surface area contributed by atoms with Crippen LogP contribution in [0.5, 0.6) is 0 Å². The van der Waals surface area contributed by atoms with Crippen molar-refractivity contribution >= 4 is 33.2 Å². The van der Waals surface area contributed by atoms with Gasteiger partial charge < -0.3 is 15.6 Å². The number of hydrogen-bond acceptors (Lipinski definition) is 7. The summed E-state index contributed by atoms with van der Waals surface area (Å²) in [4.78, 5) is 32.3. The molecule has 0 bridgehead atoms. The molecule has 4 N–H and O–H groups in total. The van der Waals surface area contributed by atoms with E-state index < -0.39 is 6.04 Å². The zero-order valence-corrected chi connectivity index (χ0v) is 20.9. The van der Waals surface area contributed by atoms with Crippen molar-refractivity contribution in [1.82, 2.24) is 14.9 Å². The molecule has 0 radical (unpaired) electrons. The number of Topliss-reactive ketones (excluding diaryl/α,β-unsaturated/α-hetero) is 1. The van der Waals surface area contributed by atoms with Gasteiger partial charge in [0.2, 0.25) is 5.91 Å². The number of ketones is 1. The first-order chi connectivity index (χ1) is 15.2. The van der Waals surface area contributed by atoms with E-state index >= 15 is 0 Å². The number of hydrogen-bond donors (Lipinski definition) is 2. The third-order valence-electron chi connectivity index (χ3n) is 5.43. The lowest BCUT2D eigenvalue weighted by Gasteiger charge is -2.34. The van der Waals surface area contributed by atoms with Gasteiger partial charge in [0, 0.05) is 18.7 Å². The molecule has 32 heavy (non-hydrogen) atoms. The van der Waals surface area contributed by atoms with Gasteiger partial charge in [-0.05, 0) is 30.9 Å². The first-order valence-corrected chi connectivity index (χ1v) is 12.2. The molecule has 1 aliphatic heterocycles. The fourth-order valence-electron chi connectivity index (χ4n) is 3.88. The number of nitrogens with two attached hydrogens (primary N) is 2. The first kappa shape index (κ1) is 25.8. The van der Waals surface area contributed by atoms with Gasteiger partial charge in [-0.25, -0.2) is 10.8 Å². The summed E-state index contributed by atoms with van der Waals surface area (Å²) in [5.74, 6) is 5.70. The lowest BCUT2D eigenvalue weighted by atomic mass is 10.0. The Kier molecular flexibility index (Phi) is 9.21. The maximum atomic E-state index is 13.5. The average molecular weight is 460 g/mol. The van der Waals surface area contributed by atoms with Gasteiger partial charge in [-0.3, -0.25) is 9.59 Å². The van der Waals surface area contributed by atoms with Crippen LogP contribution in [-0.2, 0) is 9.59 Å². The van der Waals surface area contributed by atoms with E-state index in [1.54, 1.807) is 25.2 Å². The maximum absolute atomic E-state index is 13.5. The Morgan fingerprint density at radius 3 is 2.47 bits per heavy atom. The average Bonchev–Trinajstić information content (AvgIpc) is 3.40. The van der Waals surface area contributed by atoms with E-state index in [0.717, 1.165) is 28.1 Å². The number of para-hydroxylation sites is 1. The van der Waals surface area contributed by atoms with Gasteiger partial charge in [-0.15, -0.1) is 11.3 Å². The van der Waals surface area contributed by atoms with E-state index in [9.17, 15) is 9.59 Å². The predicted molar refractivity (Wildman–Crippen MR) is 131 cm³/mol. The Labute approximate surface area is 195 Å². The number of nitrogens with zero attached hydrogens (tertiary/aromatic N) is 3. The van der Waals surface area contributed by atoms with Crippen LogP contribution in [0.3, 0.4) is 0 Å². The van der Waals surface area contributed by atoms with Crippen LogP contribution in [0.4, 0.5) is 0 Å². The van der Waals surface area contributed by atoms with Crippen molar-refractivity contribution < 1.29 is 9.59 Å². The summed E-state index contributed by atoms with van der Waals surface area (Å²) >= 11 is 1.64. The minimum Gasteiger partial charge on any atom is -0.395 e. The number of benzene rings is 1. The molecule has 3 rings (SSSR count). The highest BCUT2D eigenvalue weighted by Gasteiger charge is 2.38. The third kappa shape index (κ3) is 5.66. The smallest absolute Gasteiger partial charge is 0.247 e. The van der Waals surface area contributed by atoms with Crippen LogP contribution in [0.2, 0.25) is 0 Å². The summed E-state index contributed by atoms with van der Waals surface area (Å²) in [5.41, 5.74) is 6.95. The zero-order valence-electron chi connectivity index (χ0n) is 20.0. The molecular formula is C24H37N5O2S. The van der Waals surface area contributed by atoms with E-state index in [1.165, 1.54) is 11.2 Å². The minimum absolute atomic E-state index is 0.0526. The fourth-order valence-corrected chi connectivity index (χ4v) is 5.00. The van der Waals surface area contributed by atoms with E-state index in [2.05, 4.69) is 6.07 Å². The number of thiazole rings is 1. The van der Waals surface area contributed by atoms with E-state index in [-0.39, 0.29) is 35.3 Å². The highest BCUT2D eigenvalue weighted by atomic mass is 32.1. The van der Waals surface area contributed by atoms with Gasteiger partial charge in [0.1, 0.15) is 11.0 Å². The van der Waals surface area contributed by atoms with Gasteiger partial charge in [0.15, 0.2) is 5.78 Å². The van der Waals surface area contributed by atoms with Gasteiger partial charge in [0.05, 0.1) is 22.0 Å². The molecule has 7 nitrogen and oxygen atoms in total. The van der Waals surface area contributed by atoms with E-state index in [4.69, 9.17) is 16.6 Å². The Bertz CT molecular complexity index is 920. The molecule has 1 amide bonds. The fraction of sp³-hybridized carbons (Fsp3) is 0.542. The highest BCUT2D eigenvalue weighted by Crippen LogP contribution is 2.37. The Morgan fingerprint density at radius 1 is 1.22 bits per heavy atom. The number of rotatable bonds is 7. The summed E-state index contributed by atoms with van der Waals surface area (Å²) < 4.78 is 1.12. The van der Waals surface area contributed by atoms with Crippen LogP contribution in [0, 0.1) is 11.8 Å². The monoisotopic (exact) mass is 459 g/mol. The topological polar surface area (TPSA) is 106 Å². The normalized spacial score (nSPS) is 17.5. The standard InChI is InChI=1S/C22H31N5O2S.C2H6/c1-13(2)19(27(24)12-15(23)20(28)14(3)4)22(29)26-11-7-9-17(26)21-25-16-8-5-6-10-18(16)30-21;1-2/h5-6,8,10,12-14,17,19H,7,9,11,23-24H2,1-4H3;1-2H3/b15-12-;. The van der Waals surface area contributed by atoms with Crippen LogP contribution in [-0.4, -0.2) is 39.2 Å². The second-order valence-corrected chi connectivity index (χ2v) is 9.51. The Balaban J connectivity index is 0.00000176. The molecule has 0 spiro atoms. The molecule has 1 aromatic heterocycles. The summed E-state index contributed by atoms with van der Waals surface area (Å²) in [6.07, 6.45) is 3.20. The molecule has 1 aromatic carbocycles. The number of allylic oxidation sites excluding steroid dienone is 1. The van der Waals surface area contributed by atoms with Crippen molar-refractivity contribution in [3.8, 4) is 0 Å². The molecule has 0 saturated carbocycles. The van der Waals surface area contributed by atoms with Crippen molar-refractivity contribution in [3.63, 3.8) is 0 Å². The maximum Gasteiger partial charge on any atom is 0.247 e. The highest BCUT2D eigenvalue weighted by molar-refractivity contribution is 7.18. The van der Waals surface area contributed by atoms with Crippen molar-refractivity contribution in [2.75, 3.05) is 6.54 Å². The van der Waals surface area contributed by atoms with E-state index in [0.29, 0.717) is 6.54 Å². The summed E-state index contributed by atoms with van der Waals surface area (Å²) in [6, 6.07) is 7.35. The number of aromatic nitrogens is 1. The van der Waals surface area contributed by atoms with Gasteiger partial charge in [0.25, 0.3) is 0 Å². The molecule has 2 unspecified atom stereocenters. The van der Waals surface area contributed by atoms with Crippen molar-refractivity contribution in [2.24, 2.45) is 23.4 Å². The van der Waals surface area contributed by atoms with Crippen LogP contribution < -0.4 is 11.6 Å². The summed E-state index contributed by atoms with van der Waals surface area (Å²) in [6.45, 7) is 12.1. The molecule has 1 fully saturated rings. The molecule has 0 aliphatic carbocycles. The van der Waals surface area contributed by atoms with Crippen LogP contribution in [0.1, 0.15) is 65.4 Å². The number of carbonyl (C=O) groups is 2. The number of likely N-dealkylation sites (tertiary alicyclic amines) is 1. The molecule has 2 aromatic rings. The number of carbonyl (C=O) groups excluding carboxylic acids is 2. The second kappa shape index (κ2) is 11.4. The first-order valence-electron chi connectivity index (χ1n) is 11.4. The molecule has 2 heterocycles. The Hall–Kier alpha value is -2.45. The molecule has 1 aliphatic rings. The lowest BCUT2D eigenvalue weighted by molar-refractivity contribution is -0.138. The van der Waals surface area contributed by atoms with E-state index in [1.807, 2.05) is 50.8 Å². The largest absolute Gasteiger partial charge is 0.395 e. The second-order valence-electron chi connectivity index (χ2n) is 8.45. The third-order valence-corrected chi connectivity index (χ3v) is 6.57. The quantitative estimate of drug-likeness (QED) is 0.365. The Morgan fingerprint density at radius 2 is 1.88 bits per heavy atom. The van der Waals surface area contributed by atoms with Crippen molar-refractivity contribution in [1.29, 1.82) is 0 Å². The summed E-state index contributed by atoms with van der Waals surface area (Å²) in [7, 11) is 0. The predicted octanol–water partition coefficient (Wildman–Crippen LogP) is 4.21.